The summed E-state index contributed by atoms with van der Waals surface area (Å²) in [6.45, 7) is 3.54. The van der Waals surface area contributed by atoms with Crippen molar-refractivity contribution in [1.29, 1.82) is 0 Å². The topological polar surface area (TPSA) is 65.7 Å². The number of esters is 1. The highest BCUT2D eigenvalue weighted by molar-refractivity contribution is 9.10. The van der Waals surface area contributed by atoms with Crippen LogP contribution in [0.3, 0.4) is 0 Å². The number of hydrogen-bond acceptors (Lipinski definition) is 5. The van der Waals surface area contributed by atoms with Gasteiger partial charge in [0.25, 0.3) is 0 Å². The van der Waals surface area contributed by atoms with Crippen molar-refractivity contribution in [3.05, 3.63) is 68.5 Å². The van der Waals surface area contributed by atoms with Gasteiger partial charge in [-0.25, -0.2) is 9.59 Å². The molecule has 0 amide bonds. The molecule has 1 heterocycles. The predicted molar refractivity (Wildman–Crippen MR) is 97.2 cm³/mol. The van der Waals surface area contributed by atoms with Crippen molar-refractivity contribution in [2.75, 3.05) is 6.61 Å². The minimum atomic E-state index is -0.554. The highest BCUT2D eigenvalue weighted by Gasteiger charge is 2.10. The van der Waals surface area contributed by atoms with E-state index in [1.807, 2.05) is 26.0 Å². The predicted octanol–water partition coefficient (Wildman–Crippen LogP) is 4.16. The molecule has 0 atom stereocenters. The van der Waals surface area contributed by atoms with E-state index in [1.54, 1.807) is 18.2 Å². The van der Waals surface area contributed by atoms with Gasteiger partial charge in [0.1, 0.15) is 17.1 Å². The second-order valence-electron chi connectivity index (χ2n) is 5.60. The summed E-state index contributed by atoms with van der Waals surface area (Å²) in [5.74, 6) is 0.294. The number of halogens is 1. The van der Waals surface area contributed by atoms with Crippen molar-refractivity contribution in [3.8, 4) is 11.5 Å². The lowest BCUT2D eigenvalue weighted by Crippen LogP contribution is -2.17. The Morgan fingerprint density at radius 3 is 2.68 bits per heavy atom. The van der Waals surface area contributed by atoms with Gasteiger partial charge in [-0.05, 0) is 65.2 Å². The smallest absolute Gasteiger partial charge is 0.349 e. The van der Waals surface area contributed by atoms with E-state index < -0.39 is 11.6 Å². The van der Waals surface area contributed by atoms with Crippen molar-refractivity contribution in [2.24, 2.45) is 0 Å². The highest BCUT2D eigenvalue weighted by Crippen LogP contribution is 2.26. The zero-order chi connectivity index (χ0) is 18.0. The van der Waals surface area contributed by atoms with Crippen LogP contribution in [0.1, 0.15) is 11.1 Å². The Morgan fingerprint density at radius 1 is 1.12 bits per heavy atom. The van der Waals surface area contributed by atoms with Gasteiger partial charge >= 0.3 is 11.6 Å². The van der Waals surface area contributed by atoms with Crippen LogP contribution in [-0.2, 0) is 4.79 Å². The number of ether oxygens (including phenoxy) is 2. The Balaban J connectivity index is 1.70. The van der Waals surface area contributed by atoms with Crippen LogP contribution in [0, 0.1) is 13.8 Å². The third-order valence-electron chi connectivity index (χ3n) is 3.59. The number of fused-ring (bicyclic) bond motifs is 1. The molecule has 0 aliphatic rings. The Hall–Kier alpha value is -2.60. The molecule has 25 heavy (non-hydrogen) atoms. The van der Waals surface area contributed by atoms with E-state index in [4.69, 9.17) is 13.9 Å². The summed E-state index contributed by atoms with van der Waals surface area (Å²) in [6, 6.07) is 11.9. The Labute approximate surface area is 152 Å². The first-order valence-electron chi connectivity index (χ1n) is 7.56. The van der Waals surface area contributed by atoms with E-state index in [-0.39, 0.29) is 12.4 Å². The molecule has 3 rings (SSSR count). The Morgan fingerprint density at radius 2 is 1.92 bits per heavy atom. The van der Waals surface area contributed by atoms with E-state index in [0.717, 1.165) is 21.0 Å². The summed E-state index contributed by atoms with van der Waals surface area (Å²) in [5.41, 5.74) is 1.81. The standard InChI is InChI=1S/C19H15BrO5/c1-11-3-6-16(15(20)7-11)23-10-19(22)24-13-4-5-14-12(2)8-18(21)25-17(14)9-13/h3-9H,10H2,1-2H3. The zero-order valence-corrected chi connectivity index (χ0v) is 15.3. The lowest BCUT2D eigenvalue weighted by atomic mass is 10.1. The third-order valence-corrected chi connectivity index (χ3v) is 4.21. The van der Waals surface area contributed by atoms with E-state index in [0.29, 0.717) is 11.3 Å². The number of carbonyl (C=O) groups is 1. The summed E-state index contributed by atoms with van der Waals surface area (Å²) in [6.07, 6.45) is 0. The largest absolute Gasteiger partial charge is 0.481 e. The molecule has 6 heteroatoms. The second kappa shape index (κ2) is 7.11. The van der Waals surface area contributed by atoms with Crippen LogP contribution in [-0.4, -0.2) is 12.6 Å². The number of benzene rings is 2. The SMILES string of the molecule is Cc1ccc(OCC(=O)Oc2ccc3c(C)cc(=O)oc3c2)c(Br)c1. The molecule has 0 saturated carbocycles. The number of carbonyl (C=O) groups excluding carboxylic acids is 1. The molecule has 0 unspecified atom stereocenters. The van der Waals surface area contributed by atoms with E-state index in [1.165, 1.54) is 12.1 Å². The van der Waals surface area contributed by atoms with Crippen molar-refractivity contribution in [2.45, 2.75) is 13.8 Å². The lowest BCUT2D eigenvalue weighted by molar-refractivity contribution is -0.136. The van der Waals surface area contributed by atoms with Crippen LogP contribution in [0.2, 0.25) is 0 Å². The summed E-state index contributed by atoms with van der Waals surface area (Å²) in [5, 5.41) is 0.791. The van der Waals surface area contributed by atoms with Crippen LogP contribution in [0.4, 0.5) is 0 Å². The first-order chi connectivity index (χ1) is 11.9. The molecule has 0 N–H and O–H groups in total. The molecule has 0 fully saturated rings. The van der Waals surface area contributed by atoms with Gasteiger partial charge in [-0.2, -0.15) is 0 Å². The van der Waals surface area contributed by atoms with Gasteiger partial charge in [0.15, 0.2) is 6.61 Å². The minimum Gasteiger partial charge on any atom is -0.481 e. The molecule has 128 valence electrons. The quantitative estimate of drug-likeness (QED) is 0.372. The molecule has 0 saturated heterocycles. The zero-order valence-electron chi connectivity index (χ0n) is 13.7. The first-order valence-corrected chi connectivity index (χ1v) is 8.36. The molecule has 5 nitrogen and oxygen atoms in total. The van der Waals surface area contributed by atoms with Gasteiger partial charge in [0.05, 0.1) is 4.47 Å². The summed E-state index contributed by atoms with van der Waals surface area (Å²) < 4.78 is 16.6. The molecule has 0 spiro atoms. The normalized spacial score (nSPS) is 10.7. The summed E-state index contributed by atoms with van der Waals surface area (Å²) in [4.78, 5) is 23.4. The fourth-order valence-electron chi connectivity index (χ4n) is 2.39. The molecule has 1 aromatic heterocycles. The van der Waals surface area contributed by atoms with Gasteiger partial charge in [-0.15, -0.1) is 0 Å². The maximum Gasteiger partial charge on any atom is 0.349 e. The molecule has 0 aliphatic carbocycles. The molecule has 2 aromatic carbocycles. The molecule has 0 bridgehead atoms. The number of aryl methyl sites for hydroxylation is 2. The minimum absolute atomic E-state index is 0.239. The van der Waals surface area contributed by atoms with Crippen LogP contribution in [0.25, 0.3) is 11.0 Å². The molecule has 0 aliphatic heterocycles. The number of hydrogen-bond donors (Lipinski definition) is 0. The summed E-state index contributed by atoms with van der Waals surface area (Å²) in [7, 11) is 0. The molecule has 0 radical (unpaired) electrons. The maximum atomic E-state index is 12.0. The lowest BCUT2D eigenvalue weighted by Gasteiger charge is -2.09. The van der Waals surface area contributed by atoms with Crippen LogP contribution in [0.5, 0.6) is 11.5 Å². The van der Waals surface area contributed by atoms with Crippen molar-refractivity contribution < 1.29 is 18.7 Å². The van der Waals surface area contributed by atoms with Crippen molar-refractivity contribution >= 4 is 32.9 Å². The van der Waals surface area contributed by atoms with Crippen LogP contribution < -0.4 is 15.1 Å². The van der Waals surface area contributed by atoms with E-state index >= 15 is 0 Å². The van der Waals surface area contributed by atoms with Gasteiger partial charge in [-0.1, -0.05) is 6.07 Å². The molecular formula is C19H15BrO5. The van der Waals surface area contributed by atoms with Crippen LogP contribution in [0.15, 0.2) is 56.1 Å². The average Bonchev–Trinajstić information content (AvgIpc) is 2.53. The fraction of sp³-hybridized carbons (Fsp3) is 0.158. The van der Waals surface area contributed by atoms with Gasteiger partial charge in [0, 0.05) is 17.5 Å². The average molecular weight is 403 g/mol. The van der Waals surface area contributed by atoms with E-state index in [9.17, 15) is 9.59 Å². The highest BCUT2D eigenvalue weighted by atomic mass is 79.9. The maximum absolute atomic E-state index is 12.0. The monoisotopic (exact) mass is 402 g/mol. The van der Waals surface area contributed by atoms with Crippen molar-refractivity contribution in [3.63, 3.8) is 0 Å². The van der Waals surface area contributed by atoms with E-state index in [2.05, 4.69) is 15.9 Å². The van der Waals surface area contributed by atoms with Gasteiger partial charge in [0.2, 0.25) is 0 Å². The number of rotatable bonds is 4. The molecular weight excluding hydrogens is 388 g/mol. The van der Waals surface area contributed by atoms with Gasteiger partial charge in [-0.3, -0.25) is 0 Å². The summed E-state index contributed by atoms with van der Waals surface area (Å²) >= 11 is 3.39. The van der Waals surface area contributed by atoms with Crippen LogP contribution >= 0.6 is 15.9 Å². The fourth-order valence-corrected chi connectivity index (χ4v) is 3.00. The third kappa shape index (κ3) is 4.09. The second-order valence-corrected chi connectivity index (χ2v) is 6.46. The first kappa shape index (κ1) is 17.2. The molecule has 3 aromatic rings. The van der Waals surface area contributed by atoms with Gasteiger partial charge < -0.3 is 13.9 Å². The Bertz CT molecular complexity index is 1010. The Kier molecular flexibility index (Phi) is 4.90. The van der Waals surface area contributed by atoms with Crippen molar-refractivity contribution in [1.82, 2.24) is 0 Å².